The number of hydrogen-bond donors (Lipinski definition) is 2. The van der Waals surface area contributed by atoms with Crippen molar-refractivity contribution in [2.75, 3.05) is 47.2 Å². The summed E-state index contributed by atoms with van der Waals surface area (Å²) >= 11 is 1.76. The maximum Gasteiger partial charge on any atom is 0.243 e. The van der Waals surface area contributed by atoms with Gasteiger partial charge in [-0.15, -0.1) is 11.8 Å². The van der Waals surface area contributed by atoms with Crippen LogP contribution < -0.4 is 20.1 Å². The molecule has 0 aliphatic carbocycles. The molecule has 0 spiro atoms. The minimum absolute atomic E-state index is 0.0635. The monoisotopic (exact) mass is 444 g/mol. The van der Waals surface area contributed by atoms with Crippen LogP contribution >= 0.6 is 11.8 Å². The second-order valence-electron chi connectivity index (χ2n) is 7.02. The molecule has 0 radical (unpaired) electrons. The maximum atomic E-state index is 12.0. The first-order chi connectivity index (χ1) is 14.9. The van der Waals surface area contributed by atoms with Gasteiger partial charge in [-0.2, -0.15) is 0 Å². The first-order valence-corrected chi connectivity index (χ1v) is 11.1. The quantitative estimate of drug-likeness (QED) is 0.254. The van der Waals surface area contributed by atoms with Gasteiger partial charge in [-0.05, 0) is 37.3 Å². The van der Waals surface area contributed by atoms with E-state index >= 15 is 0 Å². The molecule has 0 bridgehead atoms. The van der Waals surface area contributed by atoms with E-state index in [2.05, 4.69) is 27.8 Å². The fraction of sp³-hybridized carbons (Fsp3) is 0.391. The first kappa shape index (κ1) is 24.4. The van der Waals surface area contributed by atoms with Crippen LogP contribution in [0.4, 0.5) is 0 Å². The minimum atomic E-state index is -0.118. The van der Waals surface area contributed by atoms with E-state index in [1.165, 1.54) is 9.80 Å². The highest BCUT2D eigenvalue weighted by Gasteiger charge is 2.15. The normalized spacial score (nSPS) is 12.1. The summed E-state index contributed by atoms with van der Waals surface area (Å²) in [5.74, 6) is 2.87. The maximum absolute atomic E-state index is 12.0. The van der Waals surface area contributed by atoms with E-state index in [0.717, 1.165) is 22.8 Å². The van der Waals surface area contributed by atoms with Gasteiger partial charge in [0.25, 0.3) is 0 Å². The van der Waals surface area contributed by atoms with Crippen molar-refractivity contribution in [1.82, 2.24) is 15.5 Å². The second kappa shape index (κ2) is 12.7. The minimum Gasteiger partial charge on any atom is -0.497 e. The van der Waals surface area contributed by atoms with Crippen LogP contribution in [-0.4, -0.2) is 63.9 Å². The standard InChI is InChI=1S/C23H32N4O3S/c1-17(20-15-18(29-4)11-12-21(20)30-5)26-23(25-16-22(28)27(2)3)24-13-14-31-19-9-7-6-8-10-19/h6-12,15,17H,13-14,16H2,1-5H3,(H2,24,25,26). The van der Waals surface area contributed by atoms with Crippen molar-refractivity contribution in [2.45, 2.75) is 17.9 Å². The third kappa shape index (κ3) is 8.05. The third-order valence-corrected chi connectivity index (χ3v) is 5.55. The molecule has 1 unspecified atom stereocenters. The van der Waals surface area contributed by atoms with Crippen molar-refractivity contribution < 1.29 is 14.3 Å². The number of nitrogens with one attached hydrogen (secondary N) is 2. The van der Waals surface area contributed by atoms with E-state index in [0.29, 0.717) is 12.5 Å². The van der Waals surface area contributed by atoms with Crippen molar-refractivity contribution in [3.05, 3.63) is 54.1 Å². The SMILES string of the molecule is COc1ccc(OC)c(C(C)NC(=NCC(=O)N(C)C)NCCSc2ccccc2)c1. The third-order valence-electron chi connectivity index (χ3n) is 4.53. The van der Waals surface area contributed by atoms with Gasteiger partial charge in [0, 0.05) is 36.9 Å². The van der Waals surface area contributed by atoms with Gasteiger partial charge in [0.05, 0.1) is 20.3 Å². The lowest BCUT2D eigenvalue weighted by molar-refractivity contribution is -0.127. The Kier molecular flexibility index (Phi) is 10.0. The Balaban J connectivity index is 2.06. The van der Waals surface area contributed by atoms with Gasteiger partial charge in [-0.25, -0.2) is 4.99 Å². The van der Waals surface area contributed by atoms with Crippen LogP contribution in [0.5, 0.6) is 11.5 Å². The number of carbonyl (C=O) groups is 1. The van der Waals surface area contributed by atoms with Gasteiger partial charge < -0.3 is 25.0 Å². The number of aliphatic imine (C=N–C) groups is 1. The molecule has 7 nitrogen and oxygen atoms in total. The Labute approximate surface area is 189 Å². The first-order valence-electron chi connectivity index (χ1n) is 10.1. The number of nitrogens with zero attached hydrogens (tertiary/aromatic N) is 2. The van der Waals surface area contributed by atoms with Crippen LogP contribution in [-0.2, 0) is 4.79 Å². The Hall–Kier alpha value is -2.87. The molecule has 2 N–H and O–H groups in total. The average Bonchev–Trinajstić information content (AvgIpc) is 2.79. The molecule has 2 aromatic rings. The van der Waals surface area contributed by atoms with Crippen molar-refractivity contribution in [3.63, 3.8) is 0 Å². The number of hydrogen-bond acceptors (Lipinski definition) is 5. The predicted molar refractivity (Wildman–Crippen MR) is 127 cm³/mol. The van der Waals surface area contributed by atoms with Crippen molar-refractivity contribution >= 4 is 23.6 Å². The number of methoxy groups -OCH3 is 2. The Morgan fingerprint density at radius 1 is 1.13 bits per heavy atom. The molecule has 168 valence electrons. The molecule has 1 atom stereocenters. The van der Waals surface area contributed by atoms with Crippen molar-refractivity contribution in [2.24, 2.45) is 4.99 Å². The van der Waals surface area contributed by atoms with Gasteiger partial charge in [0.2, 0.25) is 5.91 Å². The Morgan fingerprint density at radius 3 is 2.52 bits per heavy atom. The highest BCUT2D eigenvalue weighted by Crippen LogP contribution is 2.29. The van der Waals surface area contributed by atoms with Crippen molar-refractivity contribution in [1.29, 1.82) is 0 Å². The highest BCUT2D eigenvalue weighted by atomic mass is 32.2. The molecule has 31 heavy (non-hydrogen) atoms. The highest BCUT2D eigenvalue weighted by molar-refractivity contribution is 7.99. The number of benzene rings is 2. The van der Waals surface area contributed by atoms with Gasteiger partial charge in [-0.1, -0.05) is 18.2 Å². The summed E-state index contributed by atoms with van der Waals surface area (Å²) in [5.41, 5.74) is 0.939. The summed E-state index contributed by atoms with van der Waals surface area (Å²) in [6.45, 7) is 2.78. The van der Waals surface area contributed by atoms with Crippen LogP contribution in [0.2, 0.25) is 0 Å². The van der Waals surface area contributed by atoms with Crippen LogP contribution in [0, 0.1) is 0 Å². The van der Waals surface area contributed by atoms with E-state index in [9.17, 15) is 4.79 Å². The summed E-state index contributed by atoms with van der Waals surface area (Å²) in [6.07, 6.45) is 0. The molecule has 0 aliphatic rings. The lowest BCUT2D eigenvalue weighted by Crippen LogP contribution is -2.40. The predicted octanol–water partition coefficient (Wildman–Crippen LogP) is 3.18. The molecule has 2 aromatic carbocycles. The summed E-state index contributed by atoms with van der Waals surface area (Å²) in [6, 6.07) is 15.8. The molecule has 0 aliphatic heterocycles. The molecule has 0 heterocycles. The summed E-state index contributed by atoms with van der Waals surface area (Å²) in [7, 11) is 6.72. The van der Waals surface area contributed by atoms with Gasteiger partial charge in [0.15, 0.2) is 5.96 Å². The molecule has 0 saturated heterocycles. The van der Waals surface area contributed by atoms with Crippen LogP contribution in [0.15, 0.2) is 58.4 Å². The molecule has 2 rings (SSSR count). The Bertz CT molecular complexity index is 859. The molecular formula is C23H32N4O3S. The van der Waals surface area contributed by atoms with E-state index in [1.807, 2.05) is 43.3 Å². The zero-order valence-electron chi connectivity index (χ0n) is 18.8. The molecule has 1 amide bonds. The van der Waals surface area contributed by atoms with Crippen molar-refractivity contribution in [3.8, 4) is 11.5 Å². The lowest BCUT2D eigenvalue weighted by Gasteiger charge is -2.21. The van der Waals surface area contributed by atoms with E-state index < -0.39 is 0 Å². The number of thioether (sulfide) groups is 1. The van der Waals surface area contributed by atoms with E-state index in [-0.39, 0.29) is 18.5 Å². The molecule has 0 fully saturated rings. The summed E-state index contributed by atoms with van der Waals surface area (Å²) in [4.78, 5) is 19.2. The number of ether oxygens (including phenoxy) is 2. The molecule has 0 saturated carbocycles. The second-order valence-corrected chi connectivity index (χ2v) is 8.18. The molecular weight excluding hydrogens is 412 g/mol. The number of rotatable bonds is 10. The van der Waals surface area contributed by atoms with Crippen LogP contribution in [0.25, 0.3) is 0 Å². The summed E-state index contributed by atoms with van der Waals surface area (Å²) in [5, 5.41) is 6.70. The zero-order chi connectivity index (χ0) is 22.6. The molecule has 0 aromatic heterocycles. The number of amides is 1. The van der Waals surface area contributed by atoms with Crippen LogP contribution in [0.3, 0.4) is 0 Å². The number of guanidine groups is 1. The smallest absolute Gasteiger partial charge is 0.243 e. The summed E-state index contributed by atoms with van der Waals surface area (Å²) < 4.78 is 10.9. The largest absolute Gasteiger partial charge is 0.497 e. The Morgan fingerprint density at radius 2 is 1.87 bits per heavy atom. The van der Waals surface area contributed by atoms with Crippen LogP contribution in [0.1, 0.15) is 18.5 Å². The fourth-order valence-corrected chi connectivity index (χ4v) is 3.55. The van der Waals surface area contributed by atoms with E-state index in [4.69, 9.17) is 9.47 Å². The number of carbonyl (C=O) groups excluding carboxylic acids is 1. The number of likely N-dealkylation sites (N-methyl/N-ethyl adjacent to an activating group) is 1. The lowest BCUT2D eigenvalue weighted by atomic mass is 10.1. The van der Waals surface area contributed by atoms with E-state index in [1.54, 1.807) is 40.1 Å². The fourth-order valence-electron chi connectivity index (χ4n) is 2.76. The van der Waals surface area contributed by atoms with Gasteiger partial charge in [-0.3, -0.25) is 4.79 Å². The molecule has 8 heteroatoms. The van der Waals surface area contributed by atoms with Gasteiger partial charge >= 0.3 is 0 Å². The average molecular weight is 445 g/mol. The zero-order valence-corrected chi connectivity index (χ0v) is 19.7. The topological polar surface area (TPSA) is 75.2 Å². The van der Waals surface area contributed by atoms with Gasteiger partial charge in [0.1, 0.15) is 18.0 Å².